The lowest BCUT2D eigenvalue weighted by Crippen LogP contribution is -2.40. The lowest BCUT2D eigenvalue weighted by atomic mass is 9.95. The van der Waals surface area contributed by atoms with Gasteiger partial charge in [0.1, 0.15) is 0 Å². The Bertz CT molecular complexity index is 443. The summed E-state index contributed by atoms with van der Waals surface area (Å²) in [5.41, 5.74) is 2.14. The molecule has 1 amide bonds. The molecule has 1 aliphatic heterocycles. The number of aliphatic hydroxyl groups excluding tert-OH is 1. The van der Waals surface area contributed by atoms with E-state index in [0.29, 0.717) is 12.5 Å². The summed E-state index contributed by atoms with van der Waals surface area (Å²) >= 11 is 0. The van der Waals surface area contributed by atoms with Crippen LogP contribution in [0.2, 0.25) is 0 Å². The number of benzene rings is 1. The number of piperidine rings is 1. The molecule has 4 nitrogen and oxygen atoms in total. The molecule has 21 heavy (non-hydrogen) atoms. The molecular formula is C17H26N2O2. The number of carbonyl (C=O) groups excluding carboxylic acids is 1. The molecule has 1 aromatic carbocycles. The van der Waals surface area contributed by atoms with Gasteiger partial charge in [-0.25, -0.2) is 0 Å². The fraction of sp³-hybridized carbons (Fsp3) is 0.588. The van der Waals surface area contributed by atoms with E-state index in [0.717, 1.165) is 44.5 Å². The third-order valence-corrected chi connectivity index (χ3v) is 4.15. The summed E-state index contributed by atoms with van der Waals surface area (Å²) < 4.78 is 0. The van der Waals surface area contributed by atoms with Crippen LogP contribution in [-0.2, 0) is 11.2 Å². The third-order valence-electron chi connectivity index (χ3n) is 4.15. The molecule has 0 radical (unpaired) electrons. The van der Waals surface area contributed by atoms with Crippen molar-refractivity contribution in [1.82, 2.24) is 4.90 Å². The highest BCUT2D eigenvalue weighted by atomic mass is 16.3. The Hall–Kier alpha value is -1.39. The normalized spacial score (nSPS) is 19.4. The molecule has 0 spiro atoms. The lowest BCUT2D eigenvalue weighted by Gasteiger charge is -2.31. The van der Waals surface area contributed by atoms with E-state index in [-0.39, 0.29) is 12.5 Å². The van der Waals surface area contributed by atoms with Crippen LogP contribution in [0.25, 0.3) is 0 Å². The Labute approximate surface area is 127 Å². The second-order valence-electron chi connectivity index (χ2n) is 5.85. The van der Waals surface area contributed by atoms with E-state index >= 15 is 0 Å². The highest BCUT2D eigenvalue weighted by molar-refractivity contribution is 5.92. The average Bonchev–Trinajstić information content (AvgIpc) is 2.48. The smallest absolute Gasteiger partial charge is 0.238 e. The number of anilines is 1. The van der Waals surface area contributed by atoms with Crippen LogP contribution in [0.4, 0.5) is 5.69 Å². The molecule has 1 unspecified atom stereocenters. The standard InChI is InChI=1S/C17H26N2O2/c1-2-14-5-7-16(8-6-14)18-17(21)13-19-10-3-4-15(12-19)9-11-20/h5-8,15,20H,2-4,9-13H2,1H3,(H,18,21). The molecule has 2 N–H and O–H groups in total. The van der Waals surface area contributed by atoms with Crippen molar-refractivity contribution < 1.29 is 9.90 Å². The number of aliphatic hydroxyl groups is 1. The van der Waals surface area contributed by atoms with Crippen LogP contribution in [-0.4, -0.2) is 42.2 Å². The third kappa shape index (κ3) is 5.14. The second-order valence-corrected chi connectivity index (χ2v) is 5.85. The minimum absolute atomic E-state index is 0.0453. The molecule has 0 aliphatic carbocycles. The van der Waals surface area contributed by atoms with Crippen LogP contribution >= 0.6 is 0 Å². The van der Waals surface area contributed by atoms with Crippen LogP contribution in [0.5, 0.6) is 0 Å². The average molecular weight is 290 g/mol. The topological polar surface area (TPSA) is 52.6 Å². The van der Waals surface area contributed by atoms with Crippen LogP contribution in [0, 0.1) is 5.92 Å². The number of amides is 1. The summed E-state index contributed by atoms with van der Waals surface area (Å²) in [5, 5.41) is 12.0. The number of nitrogens with zero attached hydrogens (tertiary/aromatic N) is 1. The molecule has 1 fully saturated rings. The van der Waals surface area contributed by atoms with Gasteiger partial charge in [-0.15, -0.1) is 0 Å². The molecule has 1 saturated heterocycles. The van der Waals surface area contributed by atoms with Crippen molar-refractivity contribution in [3.05, 3.63) is 29.8 Å². The number of hydrogen-bond donors (Lipinski definition) is 2. The van der Waals surface area contributed by atoms with Crippen LogP contribution in [0.15, 0.2) is 24.3 Å². The van der Waals surface area contributed by atoms with Crippen molar-refractivity contribution in [1.29, 1.82) is 0 Å². The van der Waals surface area contributed by atoms with E-state index in [1.807, 2.05) is 24.3 Å². The Morgan fingerprint density at radius 2 is 2.14 bits per heavy atom. The van der Waals surface area contributed by atoms with E-state index in [2.05, 4.69) is 17.1 Å². The molecule has 1 atom stereocenters. The van der Waals surface area contributed by atoms with E-state index in [4.69, 9.17) is 5.11 Å². The SMILES string of the molecule is CCc1ccc(NC(=O)CN2CCCC(CCO)C2)cc1. The van der Waals surface area contributed by atoms with Crippen LogP contribution < -0.4 is 5.32 Å². The van der Waals surface area contributed by atoms with E-state index in [1.165, 1.54) is 5.56 Å². The van der Waals surface area contributed by atoms with E-state index in [1.54, 1.807) is 0 Å². The maximum atomic E-state index is 12.1. The Morgan fingerprint density at radius 3 is 2.81 bits per heavy atom. The number of likely N-dealkylation sites (tertiary alicyclic amines) is 1. The Balaban J connectivity index is 1.80. The summed E-state index contributed by atoms with van der Waals surface area (Å²) in [5.74, 6) is 0.573. The fourth-order valence-corrected chi connectivity index (χ4v) is 2.94. The van der Waals surface area contributed by atoms with Crippen molar-refractivity contribution in [2.24, 2.45) is 5.92 Å². The summed E-state index contributed by atoms with van der Waals surface area (Å²) in [6.07, 6.45) is 4.13. The van der Waals surface area contributed by atoms with Crippen molar-refractivity contribution in [2.75, 3.05) is 31.6 Å². The van der Waals surface area contributed by atoms with Gasteiger partial charge in [-0.2, -0.15) is 0 Å². The first-order chi connectivity index (χ1) is 10.2. The van der Waals surface area contributed by atoms with E-state index in [9.17, 15) is 4.79 Å². The van der Waals surface area contributed by atoms with Gasteiger partial charge in [-0.3, -0.25) is 9.69 Å². The number of aryl methyl sites for hydroxylation is 1. The zero-order valence-electron chi connectivity index (χ0n) is 12.8. The molecule has 0 aromatic heterocycles. The molecule has 116 valence electrons. The van der Waals surface area contributed by atoms with Gasteiger partial charge in [0, 0.05) is 18.8 Å². The summed E-state index contributed by atoms with van der Waals surface area (Å²) in [4.78, 5) is 14.3. The van der Waals surface area contributed by atoms with Gasteiger partial charge >= 0.3 is 0 Å². The quantitative estimate of drug-likeness (QED) is 0.845. The van der Waals surface area contributed by atoms with Gasteiger partial charge in [-0.05, 0) is 55.8 Å². The largest absolute Gasteiger partial charge is 0.396 e. The van der Waals surface area contributed by atoms with Crippen molar-refractivity contribution in [3.63, 3.8) is 0 Å². The van der Waals surface area contributed by atoms with E-state index < -0.39 is 0 Å². The summed E-state index contributed by atoms with van der Waals surface area (Å²) in [6, 6.07) is 8.02. The van der Waals surface area contributed by atoms with Crippen molar-refractivity contribution in [3.8, 4) is 0 Å². The summed E-state index contributed by atoms with van der Waals surface area (Å²) in [6.45, 7) is 4.70. The van der Waals surface area contributed by atoms with Gasteiger partial charge in [0.15, 0.2) is 0 Å². The van der Waals surface area contributed by atoms with Gasteiger partial charge in [0.25, 0.3) is 0 Å². The predicted molar refractivity (Wildman–Crippen MR) is 85.3 cm³/mol. The van der Waals surface area contributed by atoms with Crippen molar-refractivity contribution >= 4 is 11.6 Å². The number of nitrogens with one attached hydrogen (secondary N) is 1. The zero-order chi connectivity index (χ0) is 15.1. The molecular weight excluding hydrogens is 264 g/mol. The molecule has 1 aromatic rings. The van der Waals surface area contributed by atoms with Crippen molar-refractivity contribution in [2.45, 2.75) is 32.6 Å². The molecule has 4 heteroatoms. The van der Waals surface area contributed by atoms with Crippen LogP contribution in [0.1, 0.15) is 31.7 Å². The minimum Gasteiger partial charge on any atom is -0.396 e. The number of hydrogen-bond acceptors (Lipinski definition) is 3. The molecule has 1 aliphatic rings. The maximum absolute atomic E-state index is 12.1. The molecule has 0 bridgehead atoms. The summed E-state index contributed by atoms with van der Waals surface area (Å²) in [7, 11) is 0. The van der Waals surface area contributed by atoms with Crippen LogP contribution in [0.3, 0.4) is 0 Å². The molecule has 0 saturated carbocycles. The van der Waals surface area contributed by atoms with Gasteiger partial charge in [0.05, 0.1) is 6.54 Å². The van der Waals surface area contributed by atoms with Gasteiger partial charge < -0.3 is 10.4 Å². The Morgan fingerprint density at radius 1 is 1.38 bits per heavy atom. The van der Waals surface area contributed by atoms with Gasteiger partial charge in [0.2, 0.25) is 5.91 Å². The maximum Gasteiger partial charge on any atom is 0.238 e. The highest BCUT2D eigenvalue weighted by Gasteiger charge is 2.21. The number of carbonyl (C=O) groups is 1. The molecule has 2 rings (SSSR count). The minimum atomic E-state index is 0.0453. The zero-order valence-corrected chi connectivity index (χ0v) is 12.8. The first-order valence-corrected chi connectivity index (χ1v) is 7.93. The molecule has 1 heterocycles. The first-order valence-electron chi connectivity index (χ1n) is 7.93. The lowest BCUT2D eigenvalue weighted by molar-refractivity contribution is -0.117. The Kier molecular flexibility index (Phi) is 6.21. The number of rotatable bonds is 6. The van der Waals surface area contributed by atoms with Gasteiger partial charge in [-0.1, -0.05) is 19.1 Å². The monoisotopic (exact) mass is 290 g/mol. The predicted octanol–water partition coefficient (Wildman–Crippen LogP) is 2.28. The second kappa shape index (κ2) is 8.15. The first kappa shape index (κ1) is 16.0. The highest BCUT2D eigenvalue weighted by Crippen LogP contribution is 2.19. The fourth-order valence-electron chi connectivity index (χ4n) is 2.94.